The SMILES string of the molecule is Cc1ccc(S[C@@H]2O[C@@H]3CO[C@@H](c4ccccc4)O[C@H]3[C@H](OCc3ccccc3)[C@H]2NS(=O)(=O)O)cc1.N. The Balaban J connectivity index is 0.00000336. The summed E-state index contributed by atoms with van der Waals surface area (Å²) >= 11 is 1.35. The Kier molecular flexibility index (Phi) is 9.58. The lowest BCUT2D eigenvalue weighted by Crippen LogP contribution is -2.66. The summed E-state index contributed by atoms with van der Waals surface area (Å²) in [6, 6.07) is 26.0. The number of aryl methyl sites for hydroxylation is 1. The van der Waals surface area contributed by atoms with Gasteiger partial charge in [-0.1, -0.05) is 90.1 Å². The Labute approximate surface area is 227 Å². The van der Waals surface area contributed by atoms with Crippen molar-refractivity contribution in [3.63, 3.8) is 0 Å². The molecule has 2 saturated heterocycles. The largest absolute Gasteiger partial charge is 0.369 e. The second-order valence-electron chi connectivity index (χ2n) is 9.03. The Morgan fingerprint density at radius 3 is 2.29 bits per heavy atom. The second-order valence-corrected chi connectivity index (χ2v) is 11.4. The first kappa shape index (κ1) is 28.7. The zero-order valence-electron chi connectivity index (χ0n) is 20.9. The van der Waals surface area contributed by atoms with Crippen molar-refractivity contribution in [2.45, 2.75) is 54.5 Å². The van der Waals surface area contributed by atoms with Gasteiger partial charge < -0.3 is 25.1 Å². The fourth-order valence-corrected chi connectivity index (χ4v) is 6.28. The van der Waals surface area contributed by atoms with Gasteiger partial charge >= 0.3 is 10.3 Å². The quantitative estimate of drug-likeness (QED) is 0.341. The van der Waals surface area contributed by atoms with Gasteiger partial charge in [-0.3, -0.25) is 4.55 Å². The summed E-state index contributed by atoms with van der Waals surface area (Å²) < 4.78 is 61.3. The molecule has 204 valence electrons. The molecule has 3 aromatic rings. The van der Waals surface area contributed by atoms with Crippen LogP contribution in [0.2, 0.25) is 0 Å². The Bertz CT molecular complexity index is 1260. The maximum Gasteiger partial charge on any atom is 0.333 e. The van der Waals surface area contributed by atoms with Crippen LogP contribution in [0.4, 0.5) is 0 Å². The van der Waals surface area contributed by atoms with E-state index < -0.39 is 46.4 Å². The summed E-state index contributed by atoms with van der Waals surface area (Å²) in [5.74, 6) is 0. The fourth-order valence-electron chi connectivity index (χ4n) is 4.47. The molecular weight excluding hydrogens is 528 g/mol. The molecule has 0 radical (unpaired) electrons. The highest BCUT2D eigenvalue weighted by Gasteiger charge is 2.52. The van der Waals surface area contributed by atoms with Crippen molar-refractivity contribution in [1.82, 2.24) is 10.9 Å². The molecule has 2 fully saturated rings. The standard InChI is InChI=1S/C27H29NO7S2.H3N/c1-18-12-14-21(15-13-18)36-27-23(28-37(29,30)31)25(32-16-19-8-4-2-5-9-19)24-22(34-27)17-33-26(35-24)20-10-6-3-7-11-20;/h2-15,22-28H,16-17H2,1H3,(H,29,30,31);1H3/t22-,23-,24-,25-,26-,27+;/m1./s1. The third kappa shape index (κ3) is 7.20. The van der Waals surface area contributed by atoms with E-state index in [1.165, 1.54) is 11.8 Å². The van der Waals surface area contributed by atoms with Crippen LogP contribution in [0.1, 0.15) is 23.0 Å². The van der Waals surface area contributed by atoms with E-state index in [4.69, 9.17) is 18.9 Å². The second kappa shape index (κ2) is 12.7. The molecule has 38 heavy (non-hydrogen) atoms. The summed E-state index contributed by atoms with van der Waals surface area (Å²) in [5.41, 5.74) is 2.14. The highest BCUT2D eigenvalue weighted by molar-refractivity contribution is 7.99. The summed E-state index contributed by atoms with van der Waals surface area (Å²) in [6.45, 7) is 2.45. The first-order valence-electron chi connectivity index (χ1n) is 12.0. The number of fused-ring (bicyclic) bond motifs is 1. The first-order valence-corrected chi connectivity index (χ1v) is 14.3. The maximum absolute atomic E-state index is 12.1. The van der Waals surface area contributed by atoms with Gasteiger partial charge in [-0.25, -0.2) is 0 Å². The van der Waals surface area contributed by atoms with Gasteiger partial charge in [0.25, 0.3) is 0 Å². The molecule has 2 aliphatic heterocycles. The van der Waals surface area contributed by atoms with Gasteiger partial charge in [0.1, 0.15) is 23.7 Å². The zero-order valence-corrected chi connectivity index (χ0v) is 22.5. The highest BCUT2D eigenvalue weighted by atomic mass is 32.2. The van der Waals surface area contributed by atoms with Gasteiger partial charge in [0.15, 0.2) is 6.29 Å². The van der Waals surface area contributed by atoms with Gasteiger partial charge in [0.2, 0.25) is 0 Å². The Morgan fingerprint density at radius 2 is 1.63 bits per heavy atom. The number of rotatable bonds is 8. The van der Waals surface area contributed by atoms with Gasteiger partial charge in [-0.05, 0) is 24.6 Å². The molecule has 0 bridgehead atoms. The summed E-state index contributed by atoms with van der Waals surface area (Å²) in [4.78, 5) is 0.887. The van der Waals surface area contributed by atoms with Crippen LogP contribution in [0.15, 0.2) is 89.8 Å². The van der Waals surface area contributed by atoms with Crippen LogP contribution in [0.3, 0.4) is 0 Å². The van der Waals surface area contributed by atoms with E-state index in [2.05, 4.69) is 4.72 Å². The van der Waals surface area contributed by atoms with Gasteiger partial charge in [-0.2, -0.15) is 13.1 Å². The van der Waals surface area contributed by atoms with Crippen LogP contribution in [0.5, 0.6) is 0 Å². The van der Waals surface area contributed by atoms with Crippen LogP contribution in [-0.4, -0.2) is 49.4 Å². The van der Waals surface area contributed by atoms with Crippen molar-refractivity contribution < 1.29 is 31.9 Å². The minimum Gasteiger partial charge on any atom is -0.369 e. The molecule has 2 heterocycles. The van der Waals surface area contributed by atoms with E-state index in [0.717, 1.165) is 21.6 Å². The molecule has 0 saturated carbocycles. The minimum absolute atomic E-state index is 0. The van der Waals surface area contributed by atoms with E-state index in [1.54, 1.807) is 0 Å². The Morgan fingerprint density at radius 1 is 0.974 bits per heavy atom. The molecule has 5 rings (SSSR count). The number of thioether (sulfide) groups is 1. The van der Waals surface area contributed by atoms with Crippen LogP contribution < -0.4 is 10.9 Å². The van der Waals surface area contributed by atoms with Crippen LogP contribution in [-0.2, 0) is 35.9 Å². The number of ether oxygens (including phenoxy) is 4. The van der Waals surface area contributed by atoms with E-state index in [0.29, 0.717) is 0 Å². The lowest BCUT2D eigenvalue weighted by Gasteiger charge is -2.49. The van der Waals surface area contributed by atoms with Crippen molar-refractivity contribution in [3.8, 4) is 0 Å². The van der Waals surface area contributed by atoms with Crippen LogP contribution >= 0.6 is 11.8 Å². The van der Waals surface area contributed by atoms with Gasteiger partial charge in [0.05, 0.1) is 19.3 Å². The average Bonchev–Trinajstić information content (AvgIpc) is 2.90. The fraction of sp³-hybridized carbons (Fsp3) is 0.333. The normalized spacial score (nSPS) is 27.2. The highest BCUT2D eigenvalue weighted by Crippen LogP contribution is 2.40. The Hall–Kier alpha value is -2.32. The topological polar surface area (TPSA) is 138 Å². The molecule has 0 unspecified atom stereocenters. The van der Waals surface area contributed by atoms with Gasteiger partial charge in [0, 0.05) is 10.5 Å². The van der Waals surface area contributed by atoms with E-state index in [1.807, 2.05) is 91.9 Å². The predicted molar refractivity (Wildman–Crippen MR) is 144 cm³/mol. The predicted octanol–water partition coefficient (Wildman–Crippen LogP) is 4.43. The average molecular weight is 561 g/mol. The van der Waals surface area contributed by atoms with Crippen molar-refractivity contribution >= 4 is 22.1 Å². The molecule has 9 nitrogen and oxygen atoms in total. The van der Waals surface area contributed by atoms with Crippen molar-refractivity contribution in [2.24, 2.45) is 0 Å². The maximum atomic E-state index is 12.1. The van der Waals surface area contributed by atoms with Gasteiger partial charge in [-0.15, -0.1) is 0 Å². The first-order chi connectivity index (χ1) is 17.9. The third-order valence-electron chi connectivity index (χ3n) is 6.25. The lowest BCUT2D eigenvalue weighted by molar-refractivity contribution is -0.312. The van der Waals surface area contributed by atoms with Crippen LogP contribution in [0.25, 0.3) is 0 Å². The molecule has 0 aliphatic carbocycles. The zero-order chi connectivity index (χ0) is 25.8. The number of hydrogen-bond donors (Lipinski definition) is 3. The molecule has 0 spiro atoms. The minimum atomic E-state index is -4.59. The molecular formula is C27H32N2O7S2. The number of benzene rings is 3. The summed E-state index contributed by atoms with van der Waals surface area (Å²) in [5, 5.41) is 0. The number of nitrogens with one attached hydrogen (secondary N) is 1. The molecule has 5 N–H and O–H groups in total. The van der Waals surface area contributed by atoms with Crippen molar-refractivity contribution in [1.29, 1.82) is 0 Å². The van der Waals surface area contributed by atoms with Crippen molar-refractivity contribution in [2.75, 3.05) is 6.61 Å². The summed E-state index contributed by atoms with van der Waals surface area (Å²) in [7, 11) is -4.59. The van der Waals surface area contributed by atoms with Crippen molar-refractivity contribution in [3.05, 3.63) is 102 Å². The number of hydrogen-bond acceptors (Lipinski definition) is 8. The lowest BCUT2D eigenvalue weighted by atomic mass is 9.97. The third-order valence-corrected chi connectivity index (χ3v) is 8.01. The summed E-state index contributed by atoms with van der Waals surface area (Å²) in [6.07, 6.45) is -2.61. The van der Waals surface area contributed by atoms with Crippen LogP contribution in [0, 0.1) is 6.92 Å². The van der Waals surface area contributed by atoms with E-state index in [-0.39, 0.29) is 19.4 Å². The molecule has 0 amide bonds. The molecule has 3 aromatic carbocycles. The smallest absolute Gasteiger partial charge is 0.333 e. The van der Waals surface area contributed by atoms with E-state index >= 15 is 0 Å². The molecule has 2 aliphatic rings. The van der Waals surface area contributed by atoms with E-state index in [9.17, 15) is 13.0 Å². The monoisotopic (exact) mass is 560 g/mol. The molecule has 0 aromatic heterocycles. The molecule has 11 heteroatoms. The molecule has 6 atom stereocenters.